The van der Waals surface area contributed by atoms with E-state index in [1.165, 1.54) is 0 Å². The van der Waals surface area contributed by atoms with E-state index in [9.17, 15) is 4.79 Å². The van der Waals surface area contributed by atoms with E-state index in [4.69, 9.17) is 0 Å². The summed E-state index contributed by atoms with van der Waals surface area (Å²) in [6.07, 6.45) is 1.14. The van der Waals surface area contributed by atoms with Gasteiger partial charge in [0.25, 0.3) is 0 Å². The Hall–Kier alpha value is -0.320. The number of carbonyl (C=O) groups excluding carboxylic acids is 1. The van der Waals surface area contributed by atoms with Crippen LogP contribution in [-0.2, 0) is 4.79 Å². The summed E-state index contributed by atoms with van der Waals surface area (Å²) < 4.78 is 0. The number of nitrogens with zero attached hydrogens (tertiary/aromatic N) is 1. The van der Waals surface area contributed by atoms with Gasteiger partial charge in [0.1, 0.15) is 0 Å². The molecule has 0 aromatic heterocycles. The van der Waals surface area contributed by atoms with E-state index in [0.29, 0.717) is 18.5 Å². The summed E-state index contributed by atoms with van der Waals surface area (Å²) in [6.45, 7) is 5.87. The Morgan fingerprint density at radius 1 is 1.44 bits per heavy atom. The second-order valence-electron chi connectivity index (χ2n) is 4.84. The van der Waals surface area contributed by atoms with Gasteiger partial charge in [-0.3, -0.25) is 4.79 Å². The minimum Gasteiger partial charge on any atom is -0.350 e. The Labute approximate surface area is 105 Å². The average Bonchev–Trinajstić information content (AvgIpc) is 2.10. The number of piperidine rings is 1. The number of amides is 1. The Balaban J connectivity index is 0.00000225. The molecule has 4 nitrogen and oxygen atoms in total. The van der Waals surface area contributed by atoms with Crippen molar-refractivity contribution in [2.75, 3.05) is 27.2 Å². The van der Waals surface area contributed by atoms with Crippen LogP contribution in [0.4, 0.5) is 0 Å². The van der Waals surface area contributed by atoms with Gasteiger partial charge >= 0.3 is 0 Å². The summed E-state index contributed by atoms with van der Waals surface area (Å²) in [5.74, 6) is 0.680. The molecule has 1 fully saturated rings. The van der Waals surface area contributed by atoms with Crippen LogP contribution in [0.25, 0.3) is 0 Å². The summed E-state index contributed by atoms with van der Waals surface area (Å²) in [5, 5.41) is 6.50. The molecule has 1 aliphatic heterocycles. The second kappa shape index (κ2) is 7.09. The third kappa shape index (κ3) is 4.68. The minimum atomic E-state index is 0. The lowest BCUT2D eigenvalue weighted by Gasteiger charge is -2.36. The highest BCUT2D eigenvalue weighted by molar-refractivity contribution is 5.85. The van der Waals surface area contributed by atoms with Gasteiger partial charge in [-0.2, -0.15) is 0 Å². The van der Waals surface area contributed by atoms with Crippen molar-refractivity contribution in [1.82, 2.24) is 15.5 Å². The van der Waals surface area contributed by atoms with Crippen LogP contribution in [0.1, 0.15) is 20.3 Å². The standard InChI is InChI=1S/C11H23N3O.ClH/c1-8-5-6-12-9(2)11(8)13-10(15)7-14(3)4;/h8-9,11-12H,5-7H2,1-4H3,(H,13,15);1H. The molecule has 1 saturated heterocycles. The van der Waals surface area contributed by atoms with E-state index in [1.807, 2.05) is 19.0 Å². The quantitative estimate of drug-likeness (QED) is 0.765. The molecule has 3 atom stereocenters. The summed E-state index contributed by atoms with van der Waals surface area (Å²) in [6, 6.07) is 0.645. The monoisotopic (exact) mass is 249 g/mol. The molecule has 0 bridgehead atoms. The van der Waals surface area contributed by atoms with Gasteiger partial charge in [0.05, 0.1) is 6.54 Å². The molecule has 1 amide bonds. The van der Waals surface area contributed by atoms with Crippen LogP contribution >= 0.6 is 12.4 Å². The van der Waals surface area contributed by atoms with Crippen molar-refractivity contribution < 1.29 is 4.79 Å². The van der Waals surface area contributed by atoms with Crippen molar-refractivity contribution in [2.24, 2.45) is 5.92 Å². The summed E-state index contributed by atoms with van der Waals surface area (Å²) in [5.41, 5.74) is 0. The molecule has 0 aliphatic carbocycles. The number of halogens is 1. The van der Waals surface area contributed by atoms with Crippen molar-refractivity contribution >= 4 is 18.3 Å². The normalized spacial score (nSPS) is 29.7. The van der Waals surface area contributed by atoms with E-state index in [2.05, 4.69) is 24.5 Å². The molecule has 96 valence electrons. The number of likely N-dealkylation sites (N-methyl/N-ethyl adjacent to an activating group) is 1. The van der Waals surface area contributed by atoms with Gasteiger partial charge in [-0.05, 0) is 39.9 Å². The maximum atomic E-state index is 11.6. The zero-order chi connectivity index (χ0) is 11.4. The first-order valence-corrected chi connectivity index (χ1v) is 5.68. The van der Waals surface area contributed by atoms with Crippen LogP contribution in [0.3, 0.4) is 0 Å². The average molecular weight is 250 g/mol. The Morgan fingerprint density at radius 2 is 2.06 bits per heavy atom. The highest BCUT2D eigenvalue weighted by Crippen LogP contribution is 2.15. The molecular weight excluding hydrogens is 226 g/mol. The zero-order valence-electron chi connectivity index (χ0n) is 10.6. The van der Waals surface area contributed by atoms with Gasteiger partial charge in [-0.1, -0.05) is 6.92 Å². The first-order valence-electron chi connectivity index (χ1n) is 5.68. The molecule has 0 aromatic carbocycles. The van der Waals surface area contributed by atoms with Crippen molar-refractivity contribution in [1.29, 1.82) is 0 Å². The minimum absolute atomic E-state index is 0. The van der Waals surface area contributed by atoms with Gasteiger partial charge in [0, 0.05) is 12.1 Å². The van der Waals surface area contributed by atoms with Crippen molar-refractivity contribution in [3.63, 3.8) is 0 Å². The number of rotatable bonds is 3. The largest absolute Gasteiger partial charge is 0.350 e. The molecule has 0 aromatic rings. The lowest BCUT2D eigenvalue weighted by molar-refractivity contribution is -0.123. The Kier molecular flexibility index (Phi) is 6.95. The fourth-order valence-electron chi connectivity index (χ4n) is 2.12. The molecule has 5 heteroatoms. The molecular formula is C11H24ClN3O. The number of nitrogens with one attached hydrogen (secondary N) is 2. The van der Waals surface area contributed by atoms with Gasteiger partial charge < -0.3 is 15.5 Å². The first kappa shape index (κ1) is 15.7. The van der Waals surface area contributed by atoms with Gasteiger partial charge in [-0.25, -0.2) is 0 Å². The van der Waals surface area contributed by atoms with Crippen LogP contribution in [0, 0.1) is 5.92 Å². The summed E-state index contributed by atoms with van der Waals surface area (Å²) >= 11 is 0. The molecule has 1 aliphatic rings. The predicted octanol–water partition coefficient (Wildman–Crippen LogP) is 0.472. The third-order valence-corrected chi connectivity index (χ3v) is 3.01. The van der Waals surface area contributed by atoms with E-state index < -0.39 is 0 Å². The van der Waals surface area contributed by atoms with Gasteiger partial charge in [-0.15, -0.1) is 12.4 Å². The predicted molar refractivity (Wildman–Crippen MR) is 69.0 cm³/mol. The molecule has 3 unspecified atom stereocenters. The van der Waals surface area contributed by atoms with E-state index >= 15 is 0 Å². The highest BCUT2D eigenvalue weighted by atomic mass is 35.5. The molecule has 0 radical (unpaired) electrons. The molecule has 1 rings (SSSR count). The van der Waals surface area contributed by atoms with Crippen molar-refractivity contribution in [2.45, 2.75) is 32.4 Å². The van der Waals surface area contributed by atoms with E-state index in [0.717, 1.165) is 13.0 Å². The molecule has 2 N–H and O–H groups in total. The topological polar surface area (TPSA) is 44.4 Å². The maximum Gasteiger partial charge on any atom is 0.234 e. The van der Waals surface area contributed by atoms with Crippen LogP contribution in [-0.4, -0.2) is 50.1 Å². The van der Waals surface area contributed by atoms with Gasteiger partial charge in [0.2, 0.25) is 5.91 Å². The highest BCUT2D eigenvalue weighted by Gasteiger charge is 2.28. The van der Waals surface area contributed by atoms with Crippen molar-refractivity contribution in [3.05, 3.63) is 0 Å². The number of carbonyl (C=O) groups is 1. The lowest BCUT2D eigenvalue weighted by atomic mass is 9.89. The Bertz CT molecular complexity index is 213. The summed E-state index contributed by atoms with van der Waals surface area (Å²) in [4.78, 5) is 13.5. The maximum absolute atomic E-state index is 11.6. The summed E-state index contributed by atoms with van der Waals surface area (Å²) in [7, 11) is 3.82. The lowest BCUT2D eigenvalue weighted by Crippen LogP contribution is -2.56. The number of hydrogen-bond donors (Lipinski definition) is 2. The fraction of sp³-hybridized carbons (Fsp3) is 0.909. The van der Waals surface area contributed by atoms with Crippen LogP contribution in [0.5, 0.6) is 0 Å². The van der Waals surface area contributed by atoms with E-state index in [-0.39, 0.29) is 24.4 Å². The second-order valence-corrected chi connectivity index (χ2v) is 4.84. The first-order chi connectivity index (χ1) is 7.00. The third-order valence-electron chi connectivity index (χ3n) is 3.01. The van der Waals surface area contributed by atoms with Crippen molar-refractivity contribution in [3.8, 4) is 0 Å². The van der Waals surface area contributed by atoms with Crippen LogP contribution < -0.4 is 10.6 Å². The smallest absolute Gasteiger partial charge is 0.234 e. The zero-order valence-corrected chi connectivity index (χ0v) is 11.4. The molecule has 1 heterocycles. The van der Waals surface area contributed by atoms with Crippen LogP contribution in [0.15, 0.2) is 0 Å². The molecule has 0 spiro atoms. The van der Waals surface area contributed by atoms with E-state index in [1.54, 1.807) is 0 Å². The van der Waals surface area contributed by atoms with Crippen LogP contribution in [0.2, 0.25) is 0 Å². The van der Waals surface area contributed by atoms with Gasteiger partial charge in [0.15, 0.2) is 0 Å². The number of hydrogen-bond acceptors (Lipinski definition) is 3. The molecule has 0 saturated carbocycles. The SMILES string of the molecule is CC1CCNC(C)C1NC(=O)CN(C)C.Cl. The fourth-order valence-corrected chi connectivity index (χ4v) is 2.12. The Morgan fingerprint density at radius 3 is 2.56 bits per heavy atom. The molecule has 16 heavy (non-hydrogen) atoms.